The van der Waals surface area contributed by atoms with E-state index in [-0.39, 0.29) is 11.9 Å². The van der Waals surface area contributed by atoms with Crippen molar-refractivity contribution in [1.82, 2.24) is 4.90 Å². The van der Waals surface area contributed by atoms with Gasteiger partial charge in [-0.05, 0) is 66.1 Å². The third-order valence-electron chi connectivity index (χ3n) is 4.51. The van der Waals surface area contributed by atoms with Crippen molar-refractivity contribution in [1.29, 1.82) is 0 Å². The van der Waals surface area contributed by atoms with E-state index in [1.165, 1.54) is 22.2 Å². The maximum absolute atomic E-state index is 12.6. The van der Waals surface area contributed by atoms with Gasteiger partial charge in [0, 0.05) is 7.05 Å². The van der Waals surface area contributed by atoms with Gasteiger partial charge in [0.15, 0.2) is 5.17 Å². The number of benzene rings is 2. The van der Waals surface area contributed by atoms with Crippen molar-refractivity contribution in [3.63, 3.8) is 0 Å². The molecule has 1 saturated heterocycles. The average molecular weight is 409 g/mol. The van der Waals surface area contributed by atoms with Crippen LogP contribution in [0.15, 0.2) is 58.4 Å². The Labute approximate surface area is 175 Å². The molecule has 2 aromatic rings. The van der Waals surface area contributed by atoms with Gasteiger partial charge in [0.1, 0.15) is 0 Å². The summed E-state index contributed by atoms with van der Waals surface area (Å²) in [5.74, 6) is 0.0343. The van der Waals surface area contributed by atoms with Crippen molar-refractivity contribution >= 4 is 40.6 Å². The number of ether oxygens (including phenoxy) is 1. The van der Waals surface area contributed by atoms with Crippen molar-refractivity contribution in [2.45, 2.75) is 26.7 Å². The molecular weight excluding hydrogens is 384 g/mol. The van der Waals surface area contributed by atoms with E-state index >= 15 is 0 Å². The van der Waals surface area contributed by atoms with Crippen LogP contribution in [0.2, 0.25) is 0 Å². The summed E-state index contributed by atoms with van der Waals surface area (Å²) < 4.78 is 4.98. The molecule has 0 bridgehead atoms. The van der Waals surface area contributed by atoms with E-state index in [1.807, 2.05) is 18.2 Å². The Balaban J connectivity index is 1.78. The first-order valence-electron chi connectivity index (χ1n) is 9.52. The lowest BCUT2D eigenvalue weighted by molar-refractivity contribution is -0.121. The second-order valence-electron chi connectivity index (χ2n) is 6.96. The van der Waals surface area contributed by atoms with E-state index < -0.39 is 0 Å². The molecule has 1 amide bonds. The minimum absolute atomic E-state index is 0.0789. The number of esters is 1. The zero-order valence-electron chi connectivity index (χ0n) is 17.0. The van der Waals surface area contributed by atoms with E-state index in [2.05, 4.69) is 31.0 Å². The summed E-state index contributed by atoms with van der Waals surface area (Å²) in [6.45, 7) is 6.41. The fourth-order valence-electron chi connectivity index (χ4n) is 2.78. The minimum atomic E-state index is -0.358. The Kier molecular flexibility index (Phi) is 6.54. The van der Waals surface area contributed by atoms with Gasteiger partial charge < -0.3 is 4.74 Å². The number of thioether (sulfide) groups is 1. The number of amides is 1. The number of aliphatic imine (C=N–C) groups is 1. The summed E-state index contributed by atoms with van der Waals surface area (Å²) in [4.78, 5) is 31.1. The Hall–Kier alpha value is -2.86. The van der Waals surface area contributed by atoms with Gasteiger partial charge in [-0.1, -0.05) is 38.1 Å². The number of carbonyl (C=O) groups excluding carboxylic acids is 2. The molecule has 0 aliphatic carbocycles. The third-order valence-corrected chi connectivity index (χ3v) is 5.57. The van der Waals surface area contributed by atoms with Crippen LogP contribution in [0.3, 0.4) is 0 Å². The quantitative estimate of drug-likeness (QED) is 0.503. The zero-order chi connectivity index (χ0) is 21.0. The fraction of sp³-hybridized carbons (Fsp3) is 0.261. The van der Waals surface area contributed by atoms with Crippen molar-refractivity contribution < 1.29 is 14.3 Å². The summed E-state index contributed by atoms with van der Waals surface area (Å²) in [7, 11) is 1.71. The molecule has 0 radical (unpaired) electrons. The fourth-order valence-corrected chi connectivity index (χ4v) is 3.76. The number of likely N-dealkylation sites (N-methyl/N-ethyl adjacent to an activating group) is 1. The van der Waals surface area contributed by atoms with Gasteiger partial charge in [0.2, 0.25) is 0 Å². The second kappa shape index (κ2) is 9.09. The molecule has 0 aromatic heterocycles. The average Bonchev–Trinajstić information content (AvgIpc) is 2.97. The number of hydrogen-bond donors (Lipinski definition) is 0. The number of carbonyl (C=O) groups is 2. The van der Waals surface area contributed by atoms with Crippen LogP contribution in [-0.4, -0.2) is 35.6 Å². The molecule has 3 rings (SSSR count). The van der Waals surface area contributed by atoms with Crippen LogP contribution >= 0.6 is 11.8 Å². The summed E-state index contributed by atoms with van der Waals surface area (Å²) >= 11 is 1.34. The summed E-state index contributed by atoms with van der Waals surface area (Å²) in [6, 6.07) is 15.1. The van der Waals surface area contributed by atoms with Crippen LogP contribution in [0.4, 0.5) is 5.69 Å². The first-order chi connectivity index (χ1) is 13.9. The first kappa shape index (κ1) is 20.9. The first-order valence-corrected chi connectivity index (χ1v) is 10.3. The highest BCUT2D eigenvalue weighted by Gasteiger charge is 2.30. The van der Waals surface area contributed by atoms with Gasteiger partial charge in [-0.2, -0.15) is 0 Å². The third kappa shape index (κ3) is 4.95. The highest BCUT2D eigenvalue weighted by atomic mass is 32.2. The molecule has 150 valence electrons. The molecule has 1 aliphatic heterocycles. The molecule has 29 heavy (non-hydrogen) atoms. The number of nitrogens with zero attached hydrogens (tertiary/aromatic N) is 2. The van der Waals surface area contributed by atoms with Gasteiger partial charge in [-0.25, -0.2) is 9.79 Å². The smallest absolute Gasteiger partial charge is 0.338 e. The van der Waals surface area contributed by atoms with Crippen LogP contribution in [0.5, 0.6) is 0 Å². The normalized spacial score (nSPS) is 16.9. The lowest BCUT2D eigenvalue weighted by Crippen LogP contribution is -2.23. The topological polar surface area (TPSA) is 59.0 Å². The standard InChI is InChI=1S/C23H24N2O3S/c1-5-28-22(27)18-10-12-19(13-11-18)24-23-25(4)21(26)20(29-23)14-16-6-8-17(9-7-16)15(2)3/h6-15H,5H2,1-4H3. The lowest BCUT2D eigenvalue weighted by Gasteiger charge is -2.07. The van der Waals surface area contributed by atoms with Crippen molar-refractivity contribution in [3.05, 3.63) is 70.1 Å². The van der Waals surface area contributed by atoms with Crippen LogP contribution in [-0.2, 0) is 9.53 Å². The Morgan fingerprint density at radius 1 is 1.14 bits per heavy atom. The largest absolute Gasteiger partial charge is 0.462 e. The maximum Gasteiger partial charge on any atom is 0.338 e. The molecule has 1 aliphatic rings. The molecule has 0 unspecified atom stereocenters. The van der Waals surface area contributed by atoms with Crippen molar-refractivity contribution in [3.8, 4) is 0 Å². The lowest BCUT2D eigenvalue weighted by atomic mass is 10.0. The number of rotatable bonds is 5. The second-order valence-corrected chi connectivity index (χ2v) is 7.97. The monoisotopic (exact) mass is 408 g/mol. The Morgan fingerprint density at radius 2 is 1.79 bits per heavy atom. The predicted molar refractivity (Wildman–Crippen MR) is 118 cm³/mol. The molecule has 6 heteroatoms. The Morgan fingerprint density at radius 3 is 2.38 bits per heavy atom. The minimum Gasteiger partial charge on any atom is -0.462 e. The zero-order valence-corrected chi connectivity index (χ0v) is 17.8. The van der Waals surface area contributed by atoms with Crippen LogP contribution in [0.25, 0.3) is 6.08 Å². The van der Waals surface area contributed by atoms with E-state index in [0.717, 1.165) is 5.56 Å². The Bertz CT molecular complexity index is 961. The van der Waals surface area contributed by atoms with Gasteiger partial charge in [0.25, 0.3) is 5.91 Å². The molecule has 2 aromatic carbocycles. The predicted octanol–water partition coefficient (Wildman–Crippen LogP) is 5.22. The molecule has 0 saturated carbocycles. The van der Waals surface area contributed by atoms with E-state index in [9.17, 15) is 9.59 Å². The van der Waals surface area contributed by atoms with E-state index in [1.54, 1.807) is 38.2 Å². The molecular formula is C23H24N2O3S. The molecule has 0 spiro atoms. The van der Waals surface area contributed by atoms with Crippen molar-refractivity contribution in [2.24, 2.45) is 4.99 Å². The molecule has 1 fully saturated rings. The number of amidine groups is 1. The number of hydrogen-bond acceptors (Lipinski definition) is 5. The van der Waals surface area contributed by atoms with E-state index in [4.69, 9.17) is 4.74 Å². The molecule has 0 N–H and O–H groups in total. The molecule has 0 atom stereocenters. The summed E-state index contributed by atoms with van der Waals surface area (Å²) in [5.41, 5.74) is 3.40. The van der Waals surface area contributed by atoms with Crippen molar-refractivity contribution in [2.75, 3.05) is 13.7 Å². The molecule has 5 nitrogen and oxygen atoms in total. The summed E-state index contributed by atoms with van der Waals surface area (Å²) in [6.07, 6.45) is 1.89. The van der Waals surface area contributed by atoms with Gasteiger partial charge >= 0.3 is 5.97 Å². The van der Waals surface area contributed by atoms with Gasteiger partial charge in [0.05, 0.1) is 22.8 Å². The van der Waals surface area contributed by atoms with Crippen LogP contribution < -0.4 is 0 Å². The summed E-state index contributed by atoms with van der Waals surface area (Å²) in [5, 5.41) is 0.601. The van der Waals surface area contributed by atoms with E-state index in [0.29, 0.717) is 33.8 Å². The molecule has 1 heterocycles. The van der Waals surface area contributed by atoms with Crippen LogP contribution in [0.1, 0.15) is 48.2 Å². The highest BCUT2D eigenvalue weighted by molar-refractivity contribution is 8.18. The van der Waals surface area contributed by atoms with Crippen LogP contribution in [0, 0.1) is 0 Å². The van der Waals surface area contributed by atoms with Gasteiger partial charge in [-0.3, -0.25) is 9.69 Å². The van der Waals surface area contributed by atoms with Gasteiger partial charge in [-0.15, -0.1) is 0 Å². The SMILES string of the molecule is CCOC(=O)c1ccc(N=C2SC(=Cc3ccc(C(C)C)cc3)C(=O)N2C)cc1. The highest BCUT2D eigenvalue weighted by Crippen LogP contribution is 2.33. The maximum atomic E-state index is 12.6.